The molecule has 2 unspecified atom stereocenters. The fourth-order valence-corrected chi connectivity index (χ4v) is 3.43. The van der Waals surface area contributed by atoms with Crippen LogP contribution in [0.4, 0.5) is 5.69 Å². The van der Waals surface area contributed by atoms with Crippen molar-refractivity contribution in [3.8, 4) is 0 Å². The first-order valence-electron chi connectivity index (χ1n) is 6.54. The molecule has 104 valence electrons. The second-order valence-corrected chi connectivity index (χ2v) is 6.41. The Morgan fingerprint density at radius 1 is 1.47 bits per heavy atom. The fraction of sp³-hybridized carbons (Fsp3) is 0.615. The monoisotopic (exact) mass is 282 g/mol. The standard InChI is InChI=1S/C13H18N2O3S/c1-8-5-3-4-6-10(8)14-13(16)12-7-11(15(17)18)9(2)19-12/h7-8,10H,3-6H2,1-2H3,(H,14,16). The Balaban J connectivity index is 2.07. The molecule has 2 atom stereocenters. The Kier molecular flexibility index (Phi) is 4.19. The van der Waals surface area contributed by atoms with Gasteiger partial charge < -0.3 is 5.32 Å². The van der Waals surface area contributed by atoms with E-state index in [1.807, 2.05) is 0 Å². The zero-order valence-corrected chi connectivity index (χ0v) is 12.0. The zero-order chi connectivity index (χ0) is 14.0. The van der Waals surface area contributed by atoms with Gasteiger partial charge in [0.05, 0.1) is 14.7 Å². The summed E-state index contributed by atoms with van der Waals surface area (Å²) in [6, 6.07) is 1.57. The molecule has 0 bridgehead atoms. The highest BCUT2D eigenvalue weighted by atomic mass is 32.1. The van der Waals surface area contributed by atoms with E-state index < -0.39 is 4.92 Å². The Labute approximate surface area is 116 Å². The van der Waals surface area contributed by atoms with Crippen molar-refractivity contribution in [2.75, 3.05) is 0 Å². The minimum atomic E-state index is -0.439. The van der Waals surface area contributed by atoms with E-state index in [9.17, 15) is 14.9 Å². The summed E-state index contributed by atoms with van der Waals surface area (Å²) in [5.41, 5.74) is 0.0341. The number of hydrogen-bond acceptors (Lipinski definition) is 4. The lowest BCUT2D eigenvalue weighted by Gasteiger charge is -2.29. The van der Waals surface area contributed by atoms with Gasteiger partial charge in [-0.2, -0.15) is 0 Å². The van der Waals surface area contributed by atoms with Gasteiger partial charge in [0.15, 0.2) is 0 Å². The minimum absolute atomic E-state index is 0.0341. The maximum Gasteiger partial charge on any atom is 0.283 e. The SMILES string of the molecule is Cc1sc(C(=O)NC2CCCCC2C)cc1[N+](=O)[O-]. The molecule has 2 rings (SSSR count). The van der Waals surface area contributed by atoms with Gasteiger partial charge in [0, 0.05) is 12.1 Å². The van der Waals surface area contributed by atoms with E-state index in [1.165, 1.54) is 23.8 Å². The number of carbonyl (C=O) groups is 1. The molecule has 1 saturated carbocycles. The number of nitro groups is 1. The lowest BCUT2D eigenvalue weighted by atomic mass is 9.86. The van der Waals surface area contributed by atoms with Crippen LogP contribution >= 0.6 is 11.3 Å². The molecule has 0 spiro atoms. The average molecular weight is 282 g/mol. The number of carbonyl (C=O) groups excluding carboxylic acids is 1. The van der Waals surface area contributed by atoms with Crippen molar-refractivity contribution < 1.29 is 9.72 Å². The van der Waals surface area contributed by atoms with E-state index in [-0.39, 0.29) is 17.6 Å². The molecule has 0 aromatic carbocycles. The summed E-state index contributed by atoms with van der Waals surface area (Å²) in [6.45, 7) is 3.81. The molecular weight excluding hydrogens is 264 g/mol. The van der Waals surface area contributed by atoms with E-state index in [0.29, 0.717) is 15.7 Å². The van der Waals surface area contributed by atoms with Gasteiger partial charge >= 0.3 is 0 Å². The molecule has 0 radical (unpaired) electrons. The summed E-state index contributed by atoms with van der Waals surface area (Å²) in [5, 5.41) is 13.8. The van der Waals surface area contributed by atoms with Crippen molar-refractivity contribution >= 4 is 22.9 Å². The maximum absolute atomic E-state index is 12.1. The van der Waals surface area contributed by atoms with Gasteiger partial charge in [0.25, 0.3) is 11.6 Å². The average Bonchev–Trinajstić information content (AvgIpc) is 2.74. The van der Waals surface area contributed by atoms with Crippen LogP contribution in [0.15, 0.2) is 6.07 Å². The van der Waals surface area contributed by atoms with Crippen molar-refractivity contribution in [2.45, 2.75) is 45.6 Å². The van der Waals surface area contributed by atoms with Crippen LogP contribution in [0.3, 0.4) is 0 Å². The third-order valence-electron chi connectivity index (χ3n) is 3.74. The quantitative estimate of drug-likeness (QED) is 0.683. The smallest absolute Gasteiger partial charge is 0.283 e. The molecule has 19 heavy (non-hydrogen) atoms. The molecule has 1 aromatic heterocycles. The van der Waals surface area contributed by atoms with Gasteiger partial charge in [-0.3, -0.25) is 14.9 Å². The molecule has 1 aromatic rings. The largest absolute Gasteiger partial charge is 0.348 e. The highest BCUT2D eigenvalue weighted by molar-refractivity contribution is 7.14. The number of nitrogens with zero attached hydrogens (tertiary/aromatic N) is 1. The third-order valence-corrected chi connectivity index (χ3v) is 4.78. The first-order chi connectivity index (χ1) is 8.99. The van der Waals surface area contributed by atoms with E-state index in [0.717, 1.165) is 19.3 Å². The van der Waals surface area contributed by atoms with E-state index in [4.69, 9.17) is 0 Å². The van der Waals surface area contributed by atoms with Crippen LogP contribution in [-0.4, -0.2) is 16.9 Å². The minimum Gasteiger partial charge on any atom is -0.348 e. The van der Waals surface area contributed by atoms with Crippen LogP contribution in [0.2, 0.25) is 0 Å². The highest BCUT2D eigenvalue weighted by Crippen LogP contribution is 2.29. The number of amides is 1. The zero-order valence-electron chi connectivity index (χ0n) is 11.1. The second-order valence-electron chi connectivity index (χ2n) is 5.15. The number of nitrogens with one attached hydrogen (secondary N) is 1. The van der Waals surface area contributed by atoms with Crippen molar-refractivity contribution in [1.29, 1.82) is 0 Å². The Morgan fingerprint density at radius 2 is 2.16 bits per heavy atom. The molecule has 1 fully saturated rings. The summed E-state index contributed by atoms with van der Waals surface area (Å²) in [6.07, 6.45) is 4.49. The Bertz CT molecular complexity index is 498. The van der Waals surface area contributed by atoms with Crippen molar-refractivity contribution in [3.05, 3.63) is 25.9 Å². The van der Waals surface area contributed by atoms with Gasteiger partial charge in [-0.15, -0.1) is 11.3 Å². The normalized spacial score (nSPS) is 23.1. The van der Waals surface area contributed by atoms with Gasteiger partial charge in [-0.1, -0.05) is 19.8 Å². The van der Waals surface area contributed by atoms with Crippen LogP contribution in [0.1, 0.15) is 47.2 Å². The first kappa shape index (κ1) is 14.0. The van der Waals surface area contributed by atoms with Crippen molar-refractivity contribution in [2.24, 2.45) is 5.92 Å². The van der Waals surface area contributed by atoms with Crippen molar-refractivity contribution in [1.82, 2.24) is 5.32 Å². The van der Waals surface area contributed by atoms with Gasteiger partial charge in [0.2, 0.25) is 0 Å². The van der Waals surface area contributed by atoms with E-state index >= 15 is 0 Å². The molecule has 1 amide bonds. The van der Waals surface area contributed by atoms with Crippen LogP contribution in [-0.2, 0) is 0 Å². The highest BCUT2D eigenvalue weighted by Gasteiger charge is 2.25. The number of hydrogen-bond donors (Lipinski definition) is 1. The van der Waals surface area contributed by atoms with Crippen LogP contribution in [0.5, 0.6) is 0 Å². The maximum atomic E-state index is 12.1. The first-order valence-corrected chi connectivity index (χ1v) is 7.36. The topological polar surface area (TPSA) is 72.2 Å². The van der Waals surface area contributed by atoms with E-state index in [1.54, 1.807) is 6.92 Å². The Morgan fingerprint density at radius 3 is 2.74 bits per heavy atom. The van der Waals surface area contributed by atoms with Crippen molar-refractivity contribution in [3.63, 3.8) is 0 Å². The number of thiophene rings is 1. The predicted molar refractivity (Wildman–Crippen MR) is 74.6 cm³/mol. The molecule has 5 nitrogen and oxygen atoms in total. The van der Waals surface area contributed by atoms with Gasteiger partial charge in [-0.05, 0) is 25.7 Å². The van der Waals surface area contributed by atoms with Crippen LogP contribution < -0.4 is 5.32 Å². The molecule has 0 aliphatic heterocycles. The van der Waals surface area contributed by atoms with Crippen LogP contribution in [0.25, 0.3) is 0 Å². The summed E-state index contributed by atoms with van der Waals surface area (Å²) in [5.74, 6) is 0.300. The second kappa shape index (κ2) is 5.69. The fourth-order valence-electron chi connectivity index (χ4n) is 2.54. The lowest BCUT2D eigenvalue weighted by molar-refractivity contribution is -0.385. The van der Waals surface area contributed by atoms with Gasteiger partial charge in [0.1, 0.15) is 0 Å². The van der Waals surface area contributed by atoms with Gasteiger partial charge in [-0.25, -0.2) is 0 Å². The Hall–Kier alpha value is -1.43. The molecule has 0 saturated heterocycles. The molecule has 6 heteroatoms. The van der Waals surface area contributed by atoms with E-state index in [2.05, 4.69) is 12.2 Å². The molecule has 1 aliphatic carbocycles. The van der Waals surface area contributed by atoms with Crippen LogP contribution in [0, 0.1) is 23.0 Å². The molecule has 1 heterocycles. The number of rotatable bonds is 3. The molecular formula is C13H18N2O3S. The third kappa shape index (κ3) is 3.12. The molecule has 1 N–H and O–H groups in total. The summed E-state index contributed by atoms with van der Waals surface area (Å²) >= 11 is 1.19. The number of aryl methyl sites for hydroxylation is 1. The summed E-state index contributed by atoms with van der Waals surface area (Å²) in [7, 11) is 0. The summed E-state index contributed by atoms with van der Waals surface area (Å²) < 4.78 is 0. The summed E-state index contributed by atoms with van der Waals surface area (Å²) in [4.78, 5) is 23.5. The predicted octanol–water partition coefficient (Wildman–Crippen LogP) is 3.27. The lowest BCUT2D eigenvalue weighted by Crippen LogP contribution is -2.40. The molecule has 1 aliphatic rings.